The third-order valence-electron chi connectivity index (χ3n) is 4.30. The summed E-state index contributed by atoms with van der Waals surface area (Å²) >= 11 is 7.55. The van der Waals surface area contributed by atoms with E-state index in [0.717, 1.165) is 4.88 Å². The lowest BCUT2D eigenvalue weighted by Gasteiger charge is -2.13. The molecule has 158 valence electrons. The van der Waals surface area contributed by atoms with E-state index in [-0.39, 0.29) is 22.8 Å². The summed E-state index contributed by atoms with van der Waals surface area (Å²) in [5.74, 6) is -0.181. The van der Waals surface area contributed by atoms with Crippen molar-refractivity contribution in [1.29, 1.82) is 5.26 Å². The van der Waals surface area contributed by atoms with Crippen molar-refractivity contribution in [2.75, 3.05) is 7.11 Å². The zero-order valence-electron chi connectivity index (χ0n) is 16.5. The van der Waals surface area contributed by atoms with Crippen molar-refractivity contribution in [1.82, 2.24) is 5.32 Å². The first-order valence-corrected chi connectivity index (χ1v) is 10.4. The maximum Gasteiger partial charge on any atom is 0.262 e. The van der Waals surface area contributed by atoms with E-state index >= 15 is 0 Å². The summed E-state index contributed by atoms with van der Waals surface area (Å²) in [4.78, 5) is 13.3. The SMILES string of the molecule is COc1cc(/C=C(\C#N)C(=O)NCc2cccs2)ccc1OCc1c(F)cccc1Cl. The van der Waals surface area contributed by atoms with Gasteiger partial charge in [-0.1, -0.05) is 29.8 Å². The molecule has 0 aliphatic heterocycles. The molecule has 2 aromatic carbocycles. The van der Waals surface area contributed by atoms with Crippen molar-refractivity contribution in [3.8, 4) is 17.6 Å². The minimum Gasteiger partial charge on any atom is -0.493 e. The second-order valence-electron chi connectivity index (χ2n) is 6.33. The van der Waals surface area contributed by atoms with E-state index in [9.17, 15) is 14.4 Å². The minimum atomic E-state index is -0.468. The maximum absolute atomic E-state index is 13.9. The van der Waals surface area contributed by atoms with Crippen LogP contribution in [0.3, 0.4) is 0 Å². The van der Waals surface area contributed by atoms with Gasteiger partial charge in [0.25, 0.3) is 5.91 Å². The van der Waals surface area contributed by atoms with Gasteiger partial charge in [-0.05, 0) is 47.4 Å². The number of thiophene rings is 1. The Morgan fingerprint density at radius 3 is 2.77 bits per heavy atom. The third kappa shape index (κ3) is 5.85. The Kier molecular flexibility index (Phi) is 7.65. The van der Waals surface area contributed by atoms with Crippen molar-refractivity contribution in [3.05, 3.63) is 86.3 Å². The zero-order chi connectivity index (χ0) is 22.2. The van der Waals surface area contributed by atoms with Gasteiger partial charge in [-0.25, -0.2) is 4.39 Å². The van der Waals surface area contributed by atoms with Gasteiger partial charge < -0.3 is 14.8 Å². The molecule has 8 heteroatoms. The number of hydrogen-bond acceptors (Lipinski definition) is 5. The van der Waals surface area contributed by atoms with Crippen LogP contribution in [0.4, 0.5) is 4.39 Å². The maximum atomic E-state index is 13.9. The van der Waals surface area contributed by atoms with Crippen LogP contribution in [0.25, 0.3) is 6.08 Å². The average molecular weight is 457 g/mol. The standard InChI is InChI=1S/C23H18ClFN2O3S/c1-29-22-11-15(10-16(12-26)23(28)27-13-17-4-3-9-31-17)7-8-21(22)30-14-18-19(24)5-2-6-20(18)25/h2-11H,13-14H2,1H3,(H,27,28)/b16-10+. The number of nitrogens with one attached hydrogen (secondary N) is 1. The molecule has 1 amide bonds. The number of nitrogens with zero attached hydrogens (tertiary/aromatic N) is 1. The summed E-state index contributed by atoms with van der Waals surface area (Å²) in [5.41, 5.74) is 0.783. The van der Waals surface area contributed by atoms with E-state index < -0.39 is 11.7 Å². The van der Waals surface area contributed by atoms with Crippen LogP contribution in [0.5, 0.6) is 11.5 Å². The number of nitriles is 1. The van der Waals surface area contributed by atoms with Crippen LogP contribution in [0.1, 0.15) is 16.0 Å². The first-order valence-electron chi connectivity index (χ1n) is 9.18. The third-order valence-corrected chi connectivity index (χ3v) is 5.53. The summed E-state index contributed by atoms with van der Waals surface area (Å²) in [6.07, 6.45) is 1.46. The van der Waals surface area contributed by atoms with Gasteiger partial charge in [0.15, 0.2) is 11.5 Å². The molecule has 0 fully saturated rings. The van der Waals surface area contributed by atoms with Crippen molar-refractivity contribution in [3.63, 3.8) is 0 Å². The molecule has 0 saturated heterocycles. The van der Waals surface area contributed by atoms with E-state index in [1.807, 2.05) is 23.6 Å². The second kappa shape index (κ2) is 10.6. The number of ether oxygens (including phenoxy) is 2. The number of carbonyl (C=O) groups excluding carboxylic acids is 1. The van der Waals surface area contributed by atoms with Gasteiger partial charge in [-0.2, -0.15) is 5.26 Å². The van der Waals surface area contributed by atoms with Crippen LogP contribution in [0.2, 0.25) is 5.02 Å². The smallest absolute Gasteiger partial charge is 0.262 e. The van der Waals surface area contributed by atoms with E-state index in [2.05, 4.69) is 5.32 Å². The Hall–Kier alpha value is -3.34. The minimum absolute atomic E-state index is 0.0367. The molecule has 0 saturated carbocycles. The van der Waals surface area contributed by atoms with Crippen LogP contribution < -0.4 is 14.8 Å². The molecule has 1 aromatic heterocycles. The second-order valence-corrected chi connectivity index (χ2v) is 7.77. The number of halogens is 2. The summed E-state index contributed by atoms with van der Waals surface area (Å²) in [6, 6.07) is 15.0. The Balaban J connectivity index is 1.73. The molecule has 31 heavy (non-hydrogen) atoms. The van der Waals surface area contributed by atoms with E-state index in [1.165, 1.54) is 36.7 Å². The Morgan fingerprint density at radius 1 is 1.26 bits per heavy atom. The topological polar surface area (TPSA) is 71.3 Å². The lowest BCUT2D eigenvalue weighted by molar-refractivity contribution is -0.117. The number of rotatable bonds is 8. The van der Waals surface area contributed by atoms with Crippen LogP contribution in [-0.2, 0) is 17.9 Å². The van der Waals surface area contributed by atoms with Gasteiger partial charge in [0, 0.05) is 10.4 Å². The highest BCUT2D eigenvalue weighted by molar-refractivity contribution is 7.09. The van der Waals surface area contributed by atoms with Crippen molar-refractivity contribution < 1.29 is 18.7 Å². The number of benzene rings is 2. The number of hydrogen-bond donors (Lipinski definition) is 1. The fraction of sp³-hybridized carbons (Fsp3) is 0.130. The monoisotopic (exact) mass is 456 g/mol. The molecule has 1 N–H and O–H groups in total. The molecule has 0 spiro atoms. The fourth-order valence-corrected chi connectivity index (χ4v) is 3.57. The van der Waals surface area contributed by atoms with E-state index in [4.69, 9.17) is 21.1 Å². The molecule has 3 aromatic rings. The number of amides is 1. The molecule has 1 heterocycles. The highest BCUT2D eigenvalue weighted by atomic mass is 35.5. The van der Waals surface area contributed by atoms with Gasteiger partial charge in [0.1, 0.15) is 24.1 Å². The van der Waals surface area contributed by atoms with Crippen molar-refractivity contribution in [2.24, 2.45) is 0 Å². The molecule has 0 unspecified atom stereocenters. The molecular formula is C23H18ClFN2O3S. The lowest BCUT2D eigenvalue weighted by atomic mass is 10.1. The molecule has 0 radical (unpaired) electrons. The molecular weight excluding hydrogens is 439 g/mol. The normalized spacial score (nSPS) is 11.0. The molecule has 0 aliphatic carbocycles. The van der Waals surface area contributed by atoms with Crippen molar-refractivity contribution >= 4 is 34.9 Å². The predicted octanol–water partition coefficient (Wildman–Crippen LogP) is 5.35. The molecule has 0 bridgehead atoms. The van der Waals surface area contributed by atoms with E-state index in [0.29, 0.717) is 23.6 Å². The quantitative estimate of drug-likeness (QED) is 0.366. The molecule has 0 aliphatic rings. The van der Waals surface area contributed by atoms with Crippen LogP contribution in [0, 0.1) is 17.1 Å². The first-order chi connectivity index (χ1) is 15.0. The van der Waals surface area contributed by atoms with Gasteiger partial charge >= 0.3 is 0 Å². The zero-order valence-corrected chi connectivity index (χ0v) is 18.1. The summed E-state index contributed by atoms with van der Waals surface area (Å²) in [6.45, 7) is 0.274. The molecule has 3 rings (SSSR count). The Labute approximate surface area is 188 Å². The Morgan fingerprint density at radius 2 is 2.10 bits per heavy atom. The average Bonchev–Trinajstić information content (AvgIpc) is 3.29. The summed E-state index contributed by atoms with van der Waals surface area (Å²) in [5, 5.41) is 14.3. The van der Waals surface area contributed by atoms with Gasteiger partial charge in [-0.15, -0.1) is 11.3 Å². The van der Waals surface area contributed by atoms with E-state index in [1.54, 1.807) is 24.3 Å². The highest BCUT2D eigenvalue weighted by Crippen LogP contribution is 2.31. The highest BCUT2D eigenvalue weighted by Gasteiger charge is 2.13. The van der Waals surface area contributed by atoms with Gasteiger partial charge in [-0.3, -0.25) is 4.79 Å². The Bertz CT molecular complexity index is 1120. The van der Waals surface area contributed by atoms with Crippen LogP contribution in [0.15, 0.2) is 59.5 Å². The van der Waals surface area contributed by atoms with Crippen LogP contribution in [-0.4, -0.2) is 13.0 Å². The predicted molar refractivity (Wildman–Crippen MR) is 118 cm³/mol. The molecule has 0 atom stereocenters. The first kappa shape index (κ1) is 22.3. The summed E-state index contributed by atoms with van der Waals surface area (Å²) < 4.78 is 25.0. The largest absolute Gasteiger partial charge is 0.493 e. The van der Waals surface area contributed by atoms with Crippen molar-refractivity contribution in [2.45, 2.75) is 13.2 Å². The molecule has 5 nitrogen and oxygen atoms in total. The lowest BCUT2D eigenvalue weighted by Crippen LogP contribution is -2.23. The number of carbonyl (C=O) groups is 1. The number of methoxy groups -OCH3 is 1. The van der Waals surface area contributed by atoms with Crippen LogP contribution >= 0.6 is 22.9 Å². The fourth-order valence-electron chi connectivity index (χ4n) is 2.70. The summed E-state index contributed by atoms with van der Waals surface area (Å²) in [7, 11) is 1.46. The van der Waals surface area contributed by atoms with Gasteiger partial charge in [0.05, 0.1) is 18.7 Å². The van der Waals surface area contributed by atoms with Gasteiger partial charge in [0.2, 0.25) is 0 Å².